The largest absolute Gasteiger partial charge is 0.495 e. The molecule has 0 unspecified atom stereocenters. The Morgan fingerprint density at radius 3 is 2.27 bits per heavy atom. The maximum absolute atomic E-state index is 12.6. The predicted molar refractivity (Wildman–Crippen MR) is 102 cm³/mol. The first kappa shape index (κ1) is 18.0. The molecule has 0 bridgehead atoms. The van der Waals surface area contributed by atoms with Gasteiger partial charge in [-0.25, -0.2) is 0 Å². The lowest BCUT2D eigenvalue weighted by atomic mass is 9.98. The zero-order chi connectivity index (χ0) is 18.5. The Bertz CT molecular complexity index is 778. The van der Waals surface area contributed by atoms with Crippen molar-refractivity contribution in [3.05, 3.63) is 59.7 Å². The van der Waals surface area contributed by atoms with Gasteiger partial charge in [0.05, 0.1) is 12.8 Å². The number of likely N-dealkylation sites (tertiary alicyclic amines) is 1. The van der Waals surface area contributed by atoms with Crippen LogP contribution in [0.1, 0.15) is 40.5 Å². The van der Waals surface area contributed by atoms with Gasteiger partial charge in [0.25, 0.3) is 11.8 Å². The number of carbonyl (C=O) groups excluding carboxylic acids is 2. The minimum absolute atomic E-state index is 0.0357. The van der Waals surface area contributed by atoms with E-state index in [0.717, 1.165) is 25.9 Å². The quantitative estimate of drug-likeness (QED) is 0.910. The molecule has 0 aliphatic carbocycles. The van der Waals surface area contributed by atoms with Crippen molar-refractivity contribution in [3.63, 3.8) is 0 Å². The van der Waals surface area contributed by atoms with Crippen LogP contribution in [0.25, 0.3) is 0 Å². The Morgan fingerprint density at radius 2 is 1.62 bits per heavy atom. The molecule has 26 heavy (non-hydrogen) atoms. The van der Waals surface area contributed by atoms with Crippen LogP contribution in [0.5, 0.6) is 5.75 Å². The number of amides is 2. The monoisotopic (exact) mass is 352 g/mol. The second-order valence-electron chi connectivity index (χ2n) is 6.71. The van der Waals surface area contributed by atoms with Gasteiger partial charge >= 0.3 is 0 Å². The number of ether oxygens (including phenoxy) is 1. The van der Waals surface area contributed by atoms with Crippen LogP contribution in [-0.2, 0) is 0 Å². The van der Waals surface area contributed by atoms with Crippen LogP contribution in [-0.4, -0.2) is 36.9 Å². The van der Waals surface area contributed by atoms with Crippen molar-refractivity contribution in [1.82, 2.24) is 4.90 Å². The lowest BCUT2D eigenvalue weighted by molar-refractivity contribution is 0.0697. The predicted octanol–water partition coefficient (Wildman–Crippen LogP) is 3.82. The second kappa shape index (κ2) is 8.04. The summed E-state index contributed by atoms with van der Waals surface area (Å²) in [5.74, 6) is 1.08. The van der Waals surface area contributed by atoms with Crippen LogP contribution >= 0.6 is 0 Å². The third-order valence-corrected chi connectivity index (χ3v) is 4.82. The van der Waals surface area contributed by atoms with E-state index >= 15 is 0 Å². The molecule has 5 heteroatoms. The number of carbonyl (C=O) groups is 2. The fourth-order valence-corrected chi connectivity index (χ4v) is 3.10. The van der Waals surface area contributed by atoms with Crippen molar-refractivity contribution < 1.29 is 14.3 Å². The fourth-order valence-electron chi connectivity index (χ4n) is 3.10. The molecule has 5 nitrogen and oxygen atoms in total. The highest BCUT2D eigenvalue weighted by atomic mass is 16.5. The molecule has 1 N–H and O–H groups in total. The standard InChI is InChI=1S/C21H24N2O3/c1-15-11-13-23(14-12-15)21(25)17-9-7-16(8-10-17)20(24)22-18-5-3-4-6-19(18)26-2/h3-10,15H,11-14H2,1-2H3,(H,22,24). The van der Waals surface area contributed by atoms with Crippen molar-refractivity contribution in [3.8, 4) is 5.75 Å². The molecule has 1 saturated heterocycles. The SMILES string of the molecule is COc1ccccc1NC(=O)c1ccc(C(=O)N2CCC(C)CC2)cc1. The fraction of sp³-hybridized carbons (Fsp3) is 0.333. The number of rotatable bonds is 4. The third kappa shape index (κ3) is 4.04. The summed E-state index contributed by atoms with van der Waals surface area (Å²) >= 11 is 0. The van der Waals surface area contributed by atoms with E-state index in [-0.39, 0.29) is 11.8 Å². The van der Waals surface area contributed by atoms with Crippen LogP contribution < -0.4 is 10.1 Å². The number of anilines is 1. The van der Waals surface area contributed by atoms with Gasteiger partial charge in [-0.15, -0.1) is 0 Å². The highest BCUT2D eigenvalue weighted by Gasteiger charge is 2.21. The number of para-hydroxylation sites is 2. The first-order valence-corrected chi connectivity index (χ1v) is 8.92. The van der Waals surface area contributed by atoms with Crippen LogP contribution in [0.4, 0.5) is 5.69 Å². The van der Waals surface area contributed by atoms with E-state index in [9.17, 15) is 9.59 Å². The van der Waals surface area contributed by atoms with Gasteiger partial charge in [0, 0.05) is 24.2 Å². The number of piperidine rings is 1. The molecular formula is C21H24N2O3. The zero-order valence-electron chi connectivity index (χ0n) is 15.2. The lowest BCUT2D eigenvalue weighted by Crippen LogP contribution is -2.37. The van der Waals surface area contributed by atoms with Crippen molar-refractivity contribution in [2.75, 3.05) is 25.5 Å². The molecule has 0 atom stereocenters. The number of hydrogen-bond acceptors (Lipinski definition) is 3. The molecule has 0 spiro atoms. The van der Waals surface area contributed by atoms with Crippen molar-refractivity contribution in [2.24, 2.45) is 5.92 Å². The van der Waals surface area contributed by atoms with Gasteiger partial charge in [-0.2, -0.15) is 0 Å². The van der Waals surface area contributed by atoms with Gasteiger partial charge < -0.3 is 15.0 Å². The summed E-state index contributed by atoms with van der Waals surface area (Å²) in [4.78, 5) is 26.9. The Labute approximate surface area is 154 Å². The average Bonchev–Trinajstić information content (AvgIpc) is 2.68. The summed E-state index contributed by atoms with van der Waals surface area (Å²) in [6, 6.07) is 14.1. The van der Waals surface area contributed by atoms with Crippen LogP contribution in [0.2, 0.25) is 0 Å². The van der Waals surface area contributed by atoms with Crippen LogP contribution in [0.3, 0.4) is 0 Å². The highest BCUT2D eigenvalue weighted by molar-refractivity contribution is 6.05. The van der Waals surface area contributed by atoms with E-state index in [1.165, 1.54) is 0 Å². The summed E-state index contributed by atoms with van der Waals surface area (Å²) in [7, 11) is 1.56. The first-order chi connectivity index (χ1) is 12.6. The maximum atomic E-state index is 12.6. The summed E-state index contributed by atoms with van der Waals surface area (Å²) in [5, 5.41) is 2.84. The smallest absolute Gasteiger partial charge is 0.255 e. The Hall–Kier alpha value is -2.82. The van der Waals surface area contributed by atoms with E-state index in [1.807, 2.05) is 17.0 Å². The number of hydrogen-bond donors (Lipinski definition) is 1. The summed E-state index contributed by atoms with van der Waals surface area (Å²) in [6.07, 6.45) is 2.09. The minimum Gasteiger partial charge on any atom is -0.495 e. The Kier molecular flexibility index (Phi) is 5.56. The third-order valence-electron chi connectivity index (χ3n) is 4.82. The minimum atomic E-state index is -0.236. The Balaban J connectivity index is 1.67. The molecule has 0 saturated carbocycles. The van der Waals surface area contributed by atoms with Gasteiger partial charge in [0.15, 0.2) is 0 Å². The van der Waals surface area contributed by atoms with E-state index < -0.39 is 0 Å². The maximum Gasteiger partial charge on any atom is 0.255 e. The van der Waals surface area contributed by atoms with Gasteiger partial charge in [-0.05, 0) is 55.2 Å². The number of nitrogens with zero attached hydrogens (tertiary/aromatic N) is 1. The molecule has 2 aromatic rings. The number of methoxy groups -OCH3 is 1. The van der Waals surface area contributed by atoms with Gasteiger partial charge in [0.2, 0.25) is 0 Å². The van der Waals surface area contributed by atoms with E-state index in [4.69, 9.17) is 4.74 Å². The molecule has 0 radical (unpaired) electrons. The summed E-state index contributed by atoms with van der Waals surface area (Å²) in [6.45, 7) is 3.82. The topological polar surface area (TPSA) is 58.6 Å². The average molecular weight is 352 g/mol. The molecule has 1 fully saturated rings. The molecule has 1 aliphatic rings. The molecule has 2 aromatic carbocycles. The normalized spacial score (nSPS) is 14.8. The second-order valence-corrected chi connectivity index (χ2v) is 6.71. The molecule has 3 rings (SSSR count). The summed E-state index contributed by atoms with van der Waals surface area (Å²) in [5.41, 5.74) is 1.73. The lowest BCUT2D eigenvalue weighted by Gasteiger charge is -2.30. The van der Waals surface area contributed by atoms with Crippen LogP contribution in [0, 0.1) is 5.92 Å². The van der Waals surface area contributed by atoms with E-state index in [0.29, 0.717) is 28.5 Å². The molecule has 1 aliphatic heterocycles. The number of nitrogens with one attached hydrogen (secondary N) is 1. The molecular weight excluding hydrogens is 328 g/mol. The highest BCUT2D eigenvalue weighted by Crippen LogP contribution is 2.24. The summed E-state index contributed by atoms with van der Waals surface area (Å²) < 4.78 is 5.24. The van der Waals surface area contributed by atoms with Crippen LogP contribution in [0.15, 0.2) is 48.5 Å². The van der Waals surface area contributed by atoms with E-state index in [1.54, 1.807) is 43.5 Å². The zero-order valence-corrected chi connectivity index (χ0v) is 15.2. The molecule has 2 amide bonds. The van der Waals surface area contributed by atoms with Gasteiger partial charge in [-0.3, -0.25) is 9.59 Å². The molecule has 136 valence electrons. The van der Waals surface area contributed by atoms with Crippen molar-refractivity contribution in [2.45, 2.75) is 19.8 Å². The van der Waals surface area contributed by atoms with Gasteiger partial charge in [0.1, 0.15) is 5.75 Å². The molecule has 0 aromatic heterocycles. The van der Waals surface area contributed by atoms with Gasteiger partial charge in [-0.1, -0.05) is 19.1 Å². The first-order valence-electron chi connectivity index (χ1n) is 8.92. The molecule has 1 heterocycles. The van der Waals surface area contributed by atoms with E-state index in [2.05, 4.69) is 12.2 Å². The van der Waals surface area contributed by atoms with Crippen molar-refractivity contribution in [1.29, 1.82) is 0 Å². The Morgan fingerprint density at radius 1 is 1.00 bits per heavy atom. The number of benzene rings is 2. The van der Waals surface area contributed by atoms with Crippen molar-refractivity contribution >= 4 is 17.5 Å².